The average molecular weight is 267 g/mol. The van der Waals surface area contributed by atoms with Crippen molar-refractivity contribution >= 4 is 11.9 Å². The molecule has 18 heavy (non-hydrogen) atoms. The van der Waals surface area contributed by atoms with Crippen LogP contribution in [0.1, 0.15) is 12.8 Å². The molecule has 2 N–H and O–H groups in total. The van der Waals surface area contributed by atoms with Crippen molar-refractivity contribution < 1.29 is 33.0 Å². The van der Waals surface area contributed by atoms with Crippen LogP contribution >= 0.6 is 0 Å². The van der Waals surface area contributed by atoms with Gasteiger partial charge in [0.2, 0.25) is 5.91 Å². The van der Waals surface area contributed by atoms with Crippen LogP contribution in [0.15, 0.2) is 0 Å². The molecule has 0 bridgehead atoms. The summed E-state index contributed by atoms with van der Waals surface area (Å²) in [6.45, 7) is -1.00. The number of alkyl halides is 3. The van der Waals surface area contributed by atoms with Crippen molar-refractivity contribution in [3.05, 3.63) is 0 Å². The van der Waals surface area contributed by atoms with Gasteiger partial charge in [-0.25, -0.2) is 0 Å². The van der Waals surface area contributed by atoms with Crippen LogP contribution in [-0.2, 0) is 9.59 Å². The van der Waals surface area contributed by atoms with E-state index in [2.05, 4.69) is 0 Å². The van der Waals surface area contributed by atoms with Crippen LogP contribution < -0.4 is 0 Å². The van der Waals surface area contributed by atoms with Crippen LogP contribution in [-0.4, -0.2) is 51.9 Å². The summed E-state index contributed by atoms with van der Waals surface area (Å²) in [5.74, 6) is -3.25. The summed E-state index contributed by atoms with van der Waals surface area (Å²) < 4.78 is 37.6. The van der Waals surface area contributed by atoms with Gasteiger partial charge in [0.1, 0.15) is 0 Å². The summed E-state index contributed by atoms with van der Waals surface area (Å²) in [6, 6.07) is 0. The number of aliphatic carboxylic acids is 1. The standard InChI is InChI=1S/C10H12F3NO4/c11-10(12,13)9(18)1-2-14(4-9)7(15)5-3-6(5)8(16)17/h5-6,18H,1-4H2,(H,16,17)/t5-,6-,9+/m1/s1. The molecule has 2 aliphatic rings. The number of aliphatic hydroxyl groups is 1. The predicted molar refractivity (Wildman–Crippen MR) is 51.4 cm³/mol. The van der Waals surface area contributed by atoms with Gasteiger partial charge in [0.15, 0.2) is 5.60 Å². The van der Waals surface area contributed by atoms with Gasteiger partial charge in [-0.2, -0.15) is 13.2 Å². The van der Waals surface area contributed by atoms with E-state index in [4.69, 9.17) is 5.11 Å². The summed E-state index contributed by atoms with van der Waals surface area (Å²) in [5.41, 5.74) is -2.86. The number of carboxylic acids is 1. The molecule has 8 heteroatoms. The summed E-state index contributed by atoms with van der Waals surface area (Å²) in [7, 11) is 0. The molecule has 0 spiro atoms. The Kier molecular flexibility index (Phi) is 2.80. The Bertz CT molecular complexity index is 397. The molecular weight excluding hydrogens is 255 g/mol. The number of carboxylic acid groups (broad SMARTS) is 1. The van der Waals surface area contributed by atoms with E-state index in [0.717, 1.165) is 4.90 Å². The van der Waals surface area contributed by atoms with Gasteiger partial charge in [0.25, 0.3) is 0 Å². The molecule has 5 nitrogen and oxygen atoms in total. The maximum atomic E-state index is 12.5. The molecular formula is C10H12F3NO4. The van der Waals surface area contributed by atoms with E-state index in [1.165, 1.54) is 0 Å². The molecule has 0 aromatic rings. The van der Waals surface area contributed by atoms with Gasteiger partial charge < -0.3 is 15.1 Å². The van der Waals surface area contributed by atoms with Crippen LogP contribution in [0.5, 0.6) is 0 Å². The number of hydrogen-bond acceptors (Lipinski definition) is 3. The van der Waals surface area contributed by atoms with Crippen LogP contribution in [0.4, 0.5) is 13.2 Å². The molecule has 2 fully saturated rings. The Labute approximate surface area is 100 Å². The zero-order chi connectivity index (χ0) is 13.7. The number of β-amino-alcohol motifs (C(OH)–C–C–N with tert-alkyl or cyclic N) is 1. The van der Waals surface area contributed by atoms with Gasteiger partial charge in [-0.1, -0.05) is 0 Å². The third-order valence-corrected chi connectivity index (χ3v) is 3.51. The second-order valence-electron chi connectivity index (χ2n) is 4.83. The van der Waals surface area contributed by atoms with Crippen LogP contribution in [0.2, 0.25) is 0 Å². The lowest BCUT2D eigenvalue weighted by atomic mass is 10.0. The first-order valence-electron chi connectivity index (χ1n) is 5.46. The maximum Gasteiger partial charge on any atom is 0.419 e. The van der Waals surface area contributed by atoms with Crippen molar-refractivity contribution in [2.45, 2.75) is 24.6 Å². The van der Waals surface area contributed by atoms with Crippen molar-refractivity contribution in [1.29, 1.82) is 0 Å². The molecule has 1 saturated carbocycles. The van der Waals surface area contributed by atoms with E-state index in [1.54, 1.807) is 0 Å². The number of hydrogen-bond donors (Lipinski definition) is 2. The van der Waals surface area contributed by atoms with Crippen molar-refractivity contribution in [1.82, 2.24) is 4.90 Å². The molecule has 3 atom stereocenters. The second-order valence-corrected chi connectivity index (χ2v) is 4.83. The maximum absolute atomic E-state index is 12.5. The molecule has 0 aromatic carbocycles. The van der Waals surface area contributed by atoms with Gasteiger partial charge in [0.05, 0.1) is 18.4 Å². The predicted octanol–water partition coefficient (Wildman–Crippen LogP) is 0.233. The fraction of sp³-hybridized carbons (Fsp3) is 0.800. The Morgan fingerprint density at radius 3 is 2.28 bits per heavy atom. The highest BCUT2D eigenvalue weighted by molar-refractivity contribution is 5.89. The first-order valence-corrected chi connectivity index (χ1v) is 5.46. The summed E-state index contributed by atoms with van der Waals surface area (Å²) in [6.07, 6.45) is -5.18. The second kappa shape index (κ2) is 3.84. The molecule has 102 valence electrons. The van der Waals surface area contributed by atoms with Gasteiger partial charge in [-0.05, 0) is 6.42 Å². The monoisotopic (exact) mass is 267 g/mol. The van der Waals surface area contributed by atoms with E-state index >= 15 is 0 Å². The van der Waals surface area contributed by atoms with Gasteiger partial charge in [-0.3, -0.25) is 9.59 Å². The normalized spacial score (nSPS) is 35.7. The number of nitrogens with zero attached hydrogens (tertiary/aromatic N) is 1. The van der Waals surface area contributed by atoms with Crippen LogP contribution in [0.3, 0.4) is 0 Å². The SMILES string of the molecule is O=C(O)[C@@H]1C[C@H]1C(=O)N1CC[C@@](O)(C(F)(F)F)C1. The van der Waals surface area contributed by atoms with Crippen LogP contribution in [0, 0.1) is 11.8 Å². The first-order chi connectivity index (χ1) is 8.16. The fourth-order valence-electron chi connectivity index (χ4n) is 2.19. The van der Waals surface area contributed by atoms with Crippen LogP contribution in [0.25, 0.3) is 0 Å². The Morgan fingerprint density at radius 2 is 1.89 bits per heavy atom. The lowest BCUT2D eigenvalue weighted by molar-refractivity contribution is -0.253. The van der Waals surface area contributed by atoms with E-state index in [0.29, 0.717) is 0 Å². The molecule has 0 aromatic heterocycles. The average Bonchev–Trinajstić information content (AvgIpc) is 2.93. The van der Waals surface area contributed by atoms with E-state index < -0.39 is 48.5 Å². The highest BCUT2D eigenvalue weighted by Crippen LogP contribution is 2.43. The molecule has 1 heterocycles. The van der Waals surface area contributed by atoms with Gasteiger partial charge >= 0.3 is 12.1 Å². The van der Waals surface area contributed by atoms with Crippen molar-refractivity contribution in [2.24, 2.45) is 11.8 Å². The van der Waals surface area contributed by atoms with E-state index in [9.17, 15) is 27.9 Å². The number of carbonyl (C=O) groups is 2. The highest BCUT2D eigenvalue weighted by Gasteiger charge is 2.59. The molecule has 0 radical (unpaired) electrons. The first kappa shape index (κ1) is 13.1. The van der Waals surface area contributed by atoms with Gasteiger partial charge in [0, 0.05) is 13.0 Å². The topological polar surface area (TPSA) is 77.8 Å². The molecule has 1 aliphatic carbocycles. The Morgan fingerprint density at radius 1 is 1.28 bits per heavy atom. The summed E-state index contributed by atoms with van der Waals surface area (Å²) in [4.78, 5) is 23.2. The number of amides is 1. The van der Waals surface area contributed by atoms with Crippen molar-refractivity contribution in [3.8, 4) is 0 Å². The third kappa shape index (κ3) is 2.05. The summed E-state index contributed by atoms with van der Waals surface area (Å²) >= 11 is 0. The van der Waals surface area contributed by atoms with Crippen molar-refractivity contribution in [3.63, 3.8) is 0 Å². The number of likely N-dealkylation sites (tertiary alicyclic amines) is 1. The molecule has 2 rings (SSSR count). The minimum atomic E-state index is -4.78. The fourth-order valence-corrected chi connectivity index (χ4v) is 2.19. The van der Waals surface area contributed by atoms with E-state index in [1.807, 2.05) is 0 Å². The minimum absolute atomic E-state index is 0.162. The summed E-state index contributed by atoms with van der Waals surface area (Å²) in [5, 5.41) is 18.0. The molecule has 1 saturated heterocycles. The molecule has 1 aliphatic heterocycles. The van der Waals surface area contributed by atoms with E-state index in [-0.39, 0.29) is 13.0 Å². The minimum Gasteiger partial charge on any atom is -0.481 e. The molecule has 1 amide bonds. The number of carbonyl (C=O) groups excluding carboxylic acids is 1. The Hall–Kier alpha value is -1.31. The lowest BCUT2D eigenvalue weighted by Crippen LogP contribution is -2.48. The third-order valence-electron chi connectivity index (χ3n) is 3.51. The lowest BCUT2D eigenvalue weighted by Gasteiger charge is -2.25. The largest absolute Gasteiger partial charge is 0.481 e. The Balaban J connectivity index is 1.98. The number of rotatable bonds is 2. The number of halogens is 3. The smallest absolute Gasteiger partial charge is 0.419 e. The zero-order valence-electron chi connectivity index (χ0n) is 9.28. The molecule has 0 unspecified atom stereocenters. The highest BCUT2D eigenvalue weighted by atomic mass is 19.4. The zero-order valence-corrected chi connectivity index (χ0v) is 9.28. The van der Waals surface area contributed by atoms with Gasteiger partial charge in [-0.15, -0.1) is 0 Å². The van der Waals surface area contributed by atoms with Crippen molar-refractivity contribution in [2.75, 3.05) is 13.1 Å². The quantitative estimate of drug-likeness (QED) is 0.751.